The van der Waals surface area contributed by atoms with E-state index in [1.165, 1.54) is 6.20 Å². The third-order valence-corrected chi connectivity index (χ3v) is 3.54. The van der Waals surface area contributed by atoms with Gasteiger partial charge in [0.25, 0.3) is 0 Å². The first-order chi connectivity index (χ1) is 7.93. The predicted molar refractivity (Wildman–Crippen MR) is 63.2 cm³/mol. The van der Waals surface area contributed by atoms with Crippen molar-refractivity contribution in [2.45, 2.75) is 12.2 Å². The number of nitrogens with one attached hydrogen (secondary N) is 1. The highest BCUT2D eigenvalue weighted by atomic mass is 32.2. The second kappa shape index (κ2) is 5.72. The molecule has 0 amide bonds. The molecule has 0 aliphatic rings. The molecule has 0 spiro atoms. The van der Waals surface area contributed by atoms with Crippen molar-refractivity contribution < 1.29 is 18.5 Å². The number of halogens is 1. The van der Waals surface area contributed by atoms with E-state index in [4.69, 9.17) is 5.11 Å². The minimum absolute atomic E-state index is 0.137. The number of carboxylic acids is 1. The Morgan fingerprint density at radius 1 is 1.71 bits per heavy atom. The van der Waals surface area contributed by atoms with Gasteiger partial charge < -0.3 is 10.4 Å². The number of rotatable bonds is 5. The van der Waals surface area contributed by atoms with Crippen LogP contribution in [0.2, 0.25) is 0 Å². The zero-order chi connectivity index (χ0) is 13.0. The third-order valence-electron chi connectivity index (χ3n) is 2.24. The molecule has 2 atom stereocenters. The SMILES string of the molecule is CC(CNc1nccc(C(=O)O)c1F)S(C)=O. The summed E-state index contributed by atoms with van der Waals surface area (Å²) < 4.78 is 24.7. The maximum Gasteiger partial charge on any atom is 0.338 e. The van der Waals surface area contributed by atoms with Gasteiger partial charge in [-0.2, -0.15) is 0 Å². The Balaban J connectivity index is 2.82. The third kappa shape index (κ3) is 3.48. The second-order valence-electron chi connectivity index (χ2n) is 3.52. The van der Waals surface area contributed by atoms with Crippen LogP contribution in [-0.4, -0.2) is 38.3 Å². The maximum absolute atomic E-state index is 13.6. The van der Waals surface area contributed by atoms with Crippen LogP contribution in [0.5, 0.6) is 0 Å². The predicted octanol–water partition coefficient (Wildman–Crippen LogP) is 1.10. The summed E-state index contributed by atoms with van der Waals surface area (Å²) >= 11 is 0. The Morgan fingerprint density at radius 2 is 2.35 bits per heavy atom. The lowest BCUT2D eigenvalue weighted by molar-refractivity contribution is 0.0692. The number of aromatic carboxylic acids is 1. The van der Waals surface area contributed by atoms with E-state index in [-0.39, 0.29) is 17.6 Å². The number of carbonyl (C=O) groups is 1. The topological polar surface area (TPSA) is 79.3 Å². The highest BCUT2D eigenvalue weighted by Gasteiger charge is 2.15. The molecule has 17 heavy (non-hydrogen) atoms. The molecule has 0 radical (unpaired) electrons. The minimum Gasteiger partial charge on any atom is -0.478 e. The number of hydrogen-bond donors (Lipinski definition) is 2. The fourth-order valence-electron chi connectivity index (χ4n) is 1.09. The first-order valence-electron chi connectivity index (χ1n) is 4.87. The number of hydrogen-bond acceptors (Lipinski definition) is 4. The van der Waals surface area contributed by atoms with E-state index in [9.17, 15) is 13.4 Å². The molecule has 94 valence electrons. The Bertz CT molecular complexity index is 453. The van der Waals surface area contributed by atoms with E-state index in [0.717, 1.165) is 6.07 Å². The summed E-state index contributed by atoms with van der Waals surface area (Å²) in [7, 11) is -1.03. The molecule has 0 aliphatic heterocycles. The van der Waals surface area contributed by atoms with E-state index in [2.05, 4.69) is 10.3 Å². The normalized spacial score (nSPS) is 14.1. The van der Waals surface area contributed by atoms with Crippen molar-refractivity contribution in [1.82, 2.24) is 4.98 Å². The van der Waals surface area contributed by atoms with Crippen LogP contribution < -0.4 is 5.32 Å². The van der Waals surface area contributed by atoms with Gasteiger partial charge in [-0.05, 0) is 13.0 Å². The first-order valence-corrected chi connectivity index (χ1v) is 6.49. The lowest BCUT2D eigenvalue weighted by atomic mass is 10.2. The van der Waals surface area contributed by atoms with Gasteiger partial charge in [-0.15, -0.1) is 0 Å². The van der Waals surface area contributed by atoms with Crippen molar-refractivity contribution >= 4 is 22.6 Å². The molecule has 0 saturated carbocycles. The van der Waals surface area contributed by atoms with E-state index in [1.807, 2.05) is 0 Å². The largest absolute Gasteiger partial charge is 0.478 e. The van der Waals surface area contributed by atoms with Crippen LogP contribution in [0.4, 0.5) is 10.2 Å². The Morgan fingerprint density at radius 3 is 2.88 bits per heavy atom. The Kier molecular flexibility index (Phi) is 4.56. The van der Waals surface area contributed by atoms with Gasteiger partial charge in [-0.3, -0.25) is 4.21 Å². The average Bonchev–Trinajstić information content (AvgIpc) is 2.26. The molecule has 0 aliphatic carbocycles. The van der Waals surface area contributed by atoms with Gasteiger partial charge in [0.1, 0.15) is 5.56 Å². The monoisotopic (exact) mass is 260 g/mol. The van der Waals surface area contributed by atoms with Crippen molar-refractivity contribution in [1.29, 1.82) is 0 Å². The van der Waals surface area contributed by atoms with Gasteiger partial charge >= 0.3 is 5.97 Å². The minimum atomic E-state index is -1.35. The average molecular weight is 260 g/mol. The van der Waals surface area contributed by atoms with Crippen LogP contribution in [0.15, 0.2) is 12.3 Å². The summed E-state index contributed by atoms with van der Waals surface area (Å²) in [6, 6.07) is 1.09. The van der Waals surface area contributed by atoms with Crippen LogP contribution in [0.25, 0.3) is 0 Å². The Hall–Kier alpha value is -1.50. The number of anilines is 1. The summed E-state index contributed by atoms with van der Waals surface area (Å²) in [5.74, 6) is -2.39. The van der Waals surface area contributed by atoms with Crippen molar-refractivity contribution in [3.05, 3.63) is 23.6 Å². The van der Waals surface area contributed by atoms with Crippen molar-refractivity contribution in [2.75, 3.05) is 18.1 Å². The van der Waals surface area contributed by atoms with E-state index < -0.39 is 28.1 Å². The van der Waals surface area contributed by atoms with E-state index in [1.54, 1.807) is 13.2 Å². The smallest absolute Gasteiger partial charge is 0.338 e. The molecule has 1 heterocycles. The van der Waals surface area contributed by atoms with Crippen LogP contribution in [0.1, 0.15) is 17.3 Å². The molecule has 2 unspecified atom stereocenters. The molecule has 0 bridgehead atoms. The summed E-state index contributed by atoms with van der Waals surface area (Å²) in [6.45, 7) is 2.00. The van der Waals surface area contributed by atoms with Gasteiger partial charge in [-0.25, -0.2) is 14.2 Å². The Labute approximate surface area is 101 Å². The first kappa shape index (κ1) is 13.6. The molecule has 1 aromatic rings. The van der Waals surface area contributed by atoms with Gasteiger partial charge in [0.05, 0.1) is 0 Å². The van der Waals surface area contributed by atoms with Gasteiger partial charge in [-0.1, -0.05) is 0 Å². The molecule has 5 nitrogen and oxygen atoms in total. The van der Waals surface area contributed by atoms with Gasteiger partial charge in [0, 0.05) is 35.0 Å². The van der Waals surface area contributed by atoms with Crippen LogP contribution >= 0.6 is 0 Å². The van der Waals surface area contributed by atoms with Crippen molar-refractivity contribution in [3.8, 4) is 0 Å². The van der Waals surface area contributed by atoms with Crippen molar-refractivity contribution in [3.63, 3.8) is 0 Å². The fourth-order valence-corrected chi connectivity index (χ4v) is 1.41. The maximum atomic E-state index is 13.6. The molecular formula is C10H13FN2O3S. The molecule has 2 N–H and O–H groups in total. The molecule has 1 aromatic heterocycles. The fraction of sp³-hybridized carbons (Fsp3) is 0.400. The molecular weight excluding hydrogens is 247 g/mol. The number of pyridine rings is 1. The quantitative estimate of drug-likeness (QED) is 0.828. The zero-order valence-electron chi connectivity index (χ0n) is 9.44. The van der Waals surface area contributed by atoms with E-state index in [0.29, 0.717) is 0 Å². The molecule has 7 heteroatoms. The number of carboxylic acid groups (broad SMARTS) is 1. The van der Waals surface area contributed by atoms with Crippen molar-refractivity contribution in [2.24, 2.45) is 0 Å². The number of nitrogens with zero attached hydrogens (tertiary/aromatic N) is 1. The van der Waals surface area contributed by atoms with E-state index >= 15 is 0 Å². The van der Waals surface area contributed by atoms with Crippen LogP contribution in [0.3, 0.4) is 0 Å². The lowest BCUT2D eigenvalue weighted by Crippen LogP contribution is -2.22. The van der Waals surface area contributed by atoms with Gasteiger partial charge in [0.2, 0.25) is 0 Å². The second-order valence-corrected chi connectivity index (χ2v) is 5.32. The highest BCUT2D eigenvalue weighted by molar-refractivity contribution is 7.84. The highest BCUT2D eigenvalue weighted by Crippen LogP contribution is 2.15. The number of aromatic nitrogens is 1. The molecule has 0 saturated heterocycles. The molecule has 1 rings (SSSR count). The van der Waals surface area contributed by atoms with Crippen LogP contribution in [-0.2, 0) is 10.8 Å². The summed E-state index contributed by atoms with van der Waals surface area (Å²) in [5.41, 5.74) is -0.437. The summed E-state index contributed by atoms with van der Waals surface area (Å²) in [5, 5.41) is 11.2. The standard InChI is InChI=1S/C10H13FN2O3S/c1-6(17(2)16)5-13-9-8(11)7(10(14)15)3-4-12-9/h3-4,6H,5H2,1-2H3,(H,12,13)(H,14,15). The lowest BCUT2D eigenvalue weighted by Gasteiger charge is -2.11. The summed E-state index contributed by atoms with van der Waals surface area (Å²) in [4.78, 5) is 14.4. The summed E-state index contributed by atoms with van der Waals surface area (Å²) in [6.07, 6.45) is 2.76. The van der Waals surface area contributed by atoms with Gasteiger partial charge in [0.15, 0.2) is 11.6 Å². The zero-order valence-corrected chi connectivity index (χ0v) is 10.3. The molecule has 0 aromatic carbocycles. The molecule has 0 fully saturated rings. The van der Waals surface area contributed by atoms with Crippen LogP contribution in [0, 0.1) is 5.82 Å².